The van der Waals surface area contributed by atoms with Crippen LogP contribution in [-0.4, -0.2) is 0 Å². The van der Waals surface area contributed by atoms with E-state index in [4.69, 9.17) is 0 Å². The normalized spacial score (nSPS) is 12.4. The van der Waals surface area contributed by atoms with Crippen LogP contribution in [0.5, 0.6) is 0 Å². The van der Waals surface area contributed by atoms with E-state index in [1.807, 2.05) is 6.92 Å². The fourth-order valence-corrected chi connectivity index (χ4v) is 2.12. The summed E-state index contributed by atoms with van der Waals surface area (Å²) in [6.45, 7) is 6.28. The molecule has 0 saturated heterocycles. The van der Waals surface area contributed by atoms with Gasteiger partial charge in [0, 0.05) is 3.57 Å². The van der Waals surface area contributed by atoms with E-state index in [0.717, 1.165) is 0 Å². The van der Waals surface area contributed by atoms with Crippen LogP contribution in [-0.2, 0) is 0 Å². The van der Waals surface area contributed by atoms with E-state index in [9.17, 15) is 0 Å². The molecular formula is C13H15I. The van der Waals surface area contributed by atoms with Gasteiger partial charge in [-0.1, -0.05) is 24.3 Å². The molecule has 0 spiro atoms. The summed E-state index contributed by atoms with van der Waals surface area (Å²) in [5, 5.41) is 0. The maximum absolute atomic E-state index is 2.34. The SMILES string of the molecule is C/C=C\C(=C/C)c1ccc(I)cc1C. The Bertz CT molecular complexity index is 373. The molecule has 0 bridgehead atoms. The fourth-order valence-electron chi connectivity index (χ4n) is 1.47. The lowest BCUT2D eigenvalue weighted by Gasteiger charge is -2.06. The minimum absolute atomic E-state index is 1.29. The summed E-state index contributed by atoms with van der Waals surface area (Å²) in [5.74, 6) is 0. The van der Waals surface area contributed by atoms with Gasteiger partial charge in [-0.2, -0.15) is 0 Å². The summed E-state index contributed by atoms with van der Waals surface area (Å²) in [5.41, 5.74) is 3.95. The van der Waals surface area contributed by atoms with Crippen molar-refractivity contribution in [2.75, 3.05) is 0 Å². The van der Waals surface area contributed by atoms with E-state index in [0.29, 0.717) is 0 Å². The smallest absolute Gasteiger partial charge is 0.0133 e. The van der Waals surface area contributed by atoms with Crippen LogP contribution in [0.25, 0.3) is 5.57 Å². The van der Waals surface area contributed by atoms with Crippen LogP contribution < -0.4 is 0 Å². The van der Waals surface area contributed by atoms with E-state index in [-0.39, 0.29) is 0 Å². The first kappa shape index (κ1) is 11.5. The van der Waals surface area contributed by atoms with Crippen LogP contribution in [0.4, 0.5) is 0 Å². The Labute approximate surface area is 99.9 Å². The molecule has 0 aromatic heterocycles. The second-order valence-corrected chi connectivity index (χ2v) is 4.45. The second-order valence-electron chi connectivity index (χ2n) is 3.20. The van der Waals surface area contributed by atoms with Gasteiger partial charge in [0.15, 0.2) is 0 Å². The zero-order chi connectivity index (χ0) is 10.6. The third-order valence-electron chi connectivity index (χ3n) is 2.16. The Morgan fingerprint density at radius 2 is 2.00 bits per heavy atom. The summed E-state index contributed by atoms with van der Waals surface area (Å²) in [6.07, 6.45) is 6.37. The monoisotopic (exact) mass is 298 g/mol. The summed E-state index contributed by atoms with van der Waals surface area (Å²) < 4.78 is 1.29. The molecule has 0 amide bonds. The second kappa shape index (κ2) is 5.35. The first-order valence-electron chi connectivity index (χ1n) is 4.74. The van der Waals surface area contributed by atoms with Crippen LogP contribution in [0.1, 0.15) is 25.0 Å². The third kappa shape index (κ3) is 2.71. The zero-order valence-corrected chi connectivity index (χ0v) is 11.0. The van der Waals surface area contributed by atoms with Gasteiger partial charge in [0.1, 0.15) is 0 Å². The number of rotatable bonds is 2. The maximum Gasteiger partial charge on any atom is 0.0133 e. The molecule has 1 heteroatoms. The average Bonchev–Trinajstić information content (AvgIpc) is 2.15. The molecule has 0 unspecified atom stereocenters. The first-order chi connectivity index (χ1) is 6.69. The van der Waals surface area contributed by atoms with Gasteiger partial charge in [-0.05, 0) is 72.2 Å². The number of hydrogen-bond donors (Lipinski definition) is 0. The number of aryl methyl sites for hydroxylation is 1. The highest BCUT2D eigenvalue weighted by atomic mass is 127. The molecule has 0 aliphatic rings. The molecule has 0 heterocycles. The predicted molar refractivity (Wildman–Crippen MR) is 72.4 cm³/mol. The molecule has 0 radical (unpaired) electrons. The molecule has 1 rings (SSSR count). The van der Waals surface area contributed by atoms with Crippen LogP contribution in [0.15, 0.2) is 36.4 Å². The molecule has 1 aromatic rings. The molecule has 0 nitrogen and oxygen atoms in total. The highest BCUT2D eigenvalue weighted by molar-refractivity contribution is 14.1. The van der Waals surface area contributed by atoms with Gasteiger partial charge in [-0.15, -0.1) is 0 Å². The van der Waals surface area contributed by atoms with Crippen molar-refractivity contribution in [2.45, 2.75) is 20.8 Å². The minimum atomic E-state index is 1.29. The van der Waals surface area contributed by atoms with E-state index in [2.05, 4.69) is 72.9 Å². The molecule has 1 aromatic carbocycles. The molecule has 0 fully saturated rings. The minimum Gasteiger partial charge on any atom is -0.0871 e. The van der Waals surface area contributed by atoms with Crippen molar-refractivity contribution in [1.29, 1.82) is 0 Å². The van der Waals surface area contributed by atoms with Crippen LogP contribution in [0.3, 0.4) is 0 Å². The van der Waals surface area contributed by atoms with Gasteiger partial charge < -0.3 is 0 Å². The Morgan fingerprint density at radius 1 is 1.29 bits per heavy atom. The molecule has 0 atom stereocenters. The van der Waals surface area contributed by atoms with Crippen molar-refractivity contribution in [3.05, 3.63) is 51.1 Å². The number of halogens is 1. The van der Waals surface area contributed by atoms with Crippen molar-refractivity contribution < 1.29 is 0 Å². The lowest BCUT2D eigenvalue weighted by Crippen LogP contribution is -1.87. The van der Waals surface area contributed by atoms with Crippen LogP contribution in [0, 0.1) is 10.5 Å². The predicted octanol–water partition coefficient (Wildman–Crippen LogP) is 4.58. The molecule has 0 saturated carbocycles. The summed E-state index contributed by atoms with van der Waals surface area (Å²) in [6, 6.07) is 6.55. The largest absolute Gasteiger partial charge is 0.0871 e. The number of benzene rings is 1. The summed E-state index contributed by atoms with van der Waals surface area (Å²) in [7, 11) is 0. The van der Waals surface area contributed by atoms with E-state index in [1.54, 1.807) is 0 Å². The maximum atomic E-state index is 2.34. The quantitative estimate of drug-likeness (QED) is 0.554. The van der Waals surface area contributed by atoms with Crippen molar-refractivity contribution in [2.24, 2.45) is 0 Å². The summed E-state index contributed by atoms with van der Waals surface area (Å²) >= 11 is 2.34. The highest BCUT2D eigenvalue weighted by Gasteiger charge is 2.01. The van der Waals surface area contributed by atoms with Gasteiger partial charge in [0.25, 0.3) is 0 Å². The molecule has 0 N–H and O–H groups in total. The zero-order valence-electron chi connectivity index (χ0n) is 8.84. The molecular weight excluding hydrogens is 283 g/mol. The Kier molecular flexibility index (Phi) is 4.39. The van der Waals surface area contributed by atoms with Crippen molar-refractivity contribution in [1.82, 2.24) is 0 Å². The van der Waals surface area contributed by atoms with Crippen LogP contribution in [0.2, 0.25) is 0 Å². The first-order valence-corrected chi connectivity index (χ1v) is 5.82. The molecule has 74 valence electrons. The Morgan fingerprint density at radius 3 is 2.50 bits per heavy atom. The van der Waals surface area contributed by atoms with Gasteiger partial charge in [-0.25, -0.2) is 0 Å². The molecule has 0 aliphatic heterocycles. The topological polar surface area (TPSA) is 0 Å². The third-order valence-corrected chi connectivity index (χ3v) is 2.83. The lowest BCUT2D eigenvalue weighted by atomic mass is 10.0. The van der Waals surface area contributed by atoms with Crippen LogP contribution >= 0.6 is 22.6 Å². The molecule has 14 heavy (non-hydrogen) atoms. The van der Waals surface area contributed by atoms with E-state index >= 15 is 0 Å². The van der Waals surface area contributed by atoms with Crippen molar-refractivity contribution in [3.8, 4) is 0 Å². The fraction of sp³-hybridized carbons (Fsp3) is 0.231. The summed E-state index contributed by atoms with van der Waals surface area (Å²) in [4.78, 5) is 0. The van der Waals surface area contributed by atoms with Crippen molar-refractivity contribution >= 4 is 28.2 Å². The number of hydrogen-bond acceptors (Lipinski definition) is 0. The molecule has 0 aliphatic carbocycles. The van der Waals surface area contributed by atoms with Gasteiger partial charge in [-0.3, -0.25) is 0 Å². The standard InChI is InChI=1S/C13H15I/c1-4-6-11(5-2)13-8-7-12(14)9-10(13)3/h4-9H,1-3H3/b6-4-,11-5+. The van der Waals surface area contributed by atoms with Crippen molar-refractivity contribution in [3.63, 3.8) is 0 Å². The van der Waals surface area contributed by atoms with E-state index < -0.39 is 0 Å². The van der Waals surface area contributed by atoms with Gasteiger partial charge >= 0.3 is 0 Å². The van der Waals surface area contributed by atoms with Gasteiger partial charge in [0.05, 0.1) is 0 Å². The Balaban J connectivity index is 3.18. The average molecular weight is 298 g/mol. The highest BCUT2D eigenvalue weighted by Crippen LogP contribution is 2.21. The Hall–Kier alpha value is -0.570. The lowest BCUT2D eigenvalue weighted by molar-refractivity contribution is 1.40. The van der Waals surface area contributed by atoms with Gasteiger partial charge in [0.2, 0.25) is 0 Å². The number of allylic oxidation sites excluding steroid dienone is 4. The van der Waals surface area contributed by atoms with E-state index in [1.165, 1.54) is 20.3 Å².